The van der Waals surface area contributed by atoms with Crippen LogP contribution in [0.5, 0.6) is 0 Å². The monoisotopic (exact) mass is 913 g/mol. The Balaban J connectivity index is 0.000000243. The lowest BCUT2D eigenvalue weighted by molar-refractivity contribution is 0.127. The maximum atomic E-state index is 9.47. The fourth-order valence-electron chi connectivity index (χ4n) is 9.33. The van der Waals surface area contributed by atoms with Gasteiger partial charge < -0.3 is 53.0 Å². The van der Waals surface area contributed by atoms with Gasteiger partial charge in [-0.15, -0.1) is 37.9 Å². The van der Waals surface area contributed by atoms with Crippen LogP contribution in [-0.4, -0.2) is 83.8 Å². The molecule has 3 saturated heterocycles. The first-order valence-corrected chi connectivity index (χ1v) is 22.5. The van der Waals surface area contributed by atoms with Crippen molar-refractivity contribution in [3.05, 3.63) is 66.0 Å². The van der Waals surface area contributed by atoms with E-state index in [4.69, 9.17) is 22.3 Å². The van der Waals surface area contributed by atoms with Gasteiger partial charge in [-0.3, -0.25) is 0 Å². The lowest BCUT2D eigenvalue weighted by Gasteiger charge is -2.45. The number of thiol groups is 3. The van der Waals surface area contributed by atoms with Gasteiger partial charge >= 0.3 is 0 Å². The molecule has 16 nitrogen and oxygen atoms in total. The quantitative estimate of drug-likeness (QED) is 0.177. The van der Waals surface area contributed by atoms with E-state index in [0.29, 0.717) is 84.1 Å². The molecule has 6 aliphatic heterocycles. The summed E-state index contributed by atoms with van der Waals surface area (Å²) in [6.07, 6.45) is 4.35. The number of nitrogens with zero attached hydrogens (tertiary/aromatic N) is 9. The molecule has 0 aromatic rings. The van der Waals surface area contributed by atoms with Gasteiger partial charge in [0.1, 0.15) is 17.5 Å². The molecule has 6 aliphatic rings. The van der Waals surface area contributed by atoms with Crippen LogP contribution in [0.3, 0.4) is 0 Å². The summed E-state index contributed by atoms with van der Waals surface area (Å²) < 4.78 is 0. The number of allylic oxidation sites excluding steroid dienone is 6. The second-order valence-corrected chi connectivity index (χ2v) is 18.4. The number of nitrogens with one attached hydrogen (secondary N) is 3. The van der Waals surface area contributed by atoms with Crippen LogP contribution in [0.4, 0.5) is 0 Å². The fraction of sp³-hybridized carbons (Fsp3) is 0.591. The Morgan fingerprint density at radius 3 is 0.794 bits per heavy atom. The molecule has 0 bridgehead atoms. The van der Waals surface area contributed by atoms with Gasteiger partial charge in [-0.05, 0) is 126 Å². The minimum absolute atomic E-state index is 0.250. The molecule has 6 heterocycles. The second kappa shape index (κ2) is 22.6. The summed E-state index contributed by atoms with van der Waals surface area (Å²) in [5.74, 6) is 0.985. The predicted octanol–water partition coefficient (Wildman–Crippen LogP) is 4.32. The Kier molecular flexibility index (Phi) is 18.8. The Labute approximate surface area is 390 Å². The van der Waals surface area contributed by atoms with Gasteiger partial charge in [0.05, 0.1) is 84.9 Å². The van der Waals surface area contributed by atoms with Crippen molar-refractivity contribution < 1.29 is 5.11 Å². The van der Waals surface area contributed by atoms with E-state index in [1.54, 1.807) is 6.92 Å². The summed E-state index contributed by atoms with van der Waals surface area (Å²) in [5, 5.41) is 74.3. The number of aliphatic hydroxyl groups excluding tert-OH is 1. The minimum atomic E-state index is -0.568. The number of dihydropyridines is 3. The molecule has 0 amide bonds. The lowest BCUT2D eigenvalue weighted by atomic mass is 9.66. The SMILES string of the molecule is CC(C)N1CCC2(CC1)C(C#N)=C(N)NC(S)=C2C#N.CC(C)N1CCC2(CC1)C(C#N)=C(N)NC(S)=C2C#N.CC(C)N1CCC2(CC1)C(C#N)=C(N)NC(S)=C2C#N.CCO. The zero-order valence-electron chi connectivity index (χ0n) is 37.5. The topological polar surface area (TPSA) is 287 Å². The maximum absolute atomic E-state index is 9.47. The standard InChI is InChI=1S/3C14H19N5S.C2H6O/c3*1-9(2)19-5-3-14(4-6-19)10(7-15)12(17)18-13(20)11(14)8-16;1-2-3/h3*9,18,20H,3-6,17H2,1-2H3;3H,2H2,1H3. The molecule has 0 saturated carbocycles. The van der Waals surface area contributed by atoms with Crippen LogP contribution < -0.4 is 33.2 Å². The van der Waals surface area contributed by atoms with Crippen molar-refractivity contribution in [1.29, 1.82) is 31.6 Å². The summed E-state index contributed by atoms with van der Waals surface area (Å²) in [5.41, 5.74) is 19.2. The van der Waals surface area contributed by atoms with Crippen molar-refractivity contribution >= 4 is 37.9 Å². The van der Waals surface area contributed by atoms with Crippen LogP contribution in [0, 0.1) is 84.2 Å². The first-order chi connectivity index (χ1) is 29.8. The second-order valence-electron chi connectivity index (χ2n) is 17.0. The molecule has 3 spiro atoms. The van der Waals surface area contributed by atoms with Crippen LogP contribution in [0.25, 0.3) is 0 Å². The Bertz CT molecular complexity index is 1810. The highest BCUT2D eigenvalue weighted by Gasteiger charge is 2.49. The summed E-state index contributed by atoms with van der Waals surface area (Å²) in [4.78, 5) is 7.06. The number of nitrogens with two attached hydrogens (primary N) is 3. The summed E-state index contributed by atoms with van der Waals surface area (Å²) in [6.45, 7) is 20.0. The molecular weight excluding hydrogens is 851 g/mol. The molecule has 3 fully saturated rings. The normalized spacial score (nSPS) is 21.9. The number of piperidine rings is 3. The first kappa shape index (κ1) is 52.4. The molecule has 0 aromatic carbocycles. The van der Waals surface area contributed by atoms with Gasteiger partial charge in [-0.1, -0.05) is 0 Å². The van der Waals surface area contributed by atoms with E-state index in [2.05, 4.69) is 146 Å². The smallest absolute Gasteiger partial charge is 0.116 e. The van der Waals surface area contributed by atoms with Gasteiger partial charge in [0.2, 0.25) is 0 Å². The van der Waals surface area contributed by atoms with Gasteiger partial charge in [-0.25, -0.2) is 0 Å². The number of nitriles is 6. The molecule has 0 atom stereocenters. The average molecular weight is 914 g/mol. The van der Waals surface area contributed by atoms with Crippen molar-refractivity contribution in [2.24, 2.45) is 33.4 Å². The van der Waals surface area contributed by atoms with Crippen LogP contribution in [0.15, 0.2) is 66.0 Å². The summed E-state index contributed by atoms with van der Waals surface area (Å²) >= 11 is 13.0. The van der Waals surface area contributed by atoms with Crippen LogP contribution in [0.2, 0.25) is 0 Å². The minimum Gasteiger partial charge on any atom is -0.397 e. The first-order valence-electron chi connectivity index (χ1n) is 21.2. The third-order valence-corrected chi connectivity index (χ3v) is 14.0. The van der Waals surface area contributed by atoms with Gasteiger partial charge in [0.15, 0.2) is 0 Å². The average Bonchev–Trinajstić information content (AvgIpc) is 3.22. The summed E-state index contributed by atoms with van der Waals surface area (Å²) in [7, 11) is 0. The fourth-order valence-corrected chi connectivity index (χ4v) is 10.5. The lowest BCUT2D eigenvalue weighted by Crippen LogP contribution is -2.47. The zero-order valence-corrected chi connectivity index (χ0v) is 40.2. The number of likely N-dealkylation sites (tertiary alicyclic amines) is 3. The highest BCUT2D eigenvalue weighted by Crippen LogP contribution is 2.51. The highest BCUT2D eigenvalue weighted by atomic mass is 32.1. The van der Waals surface area contributed by atoms with Crippen LogP contribution in [-0.2, 0) is 0 Å². The van der Waals surface area contributed by atoms with E-state index in [1.165, 1.54) is 0 Å². The number of aliphatic hydroxyl groups is 1. The van der Waals surface area contributed by atoms with E-state index in [-0.39, 0.29) is 6.61 Å². The van der Waals surface area contributed by atoms with Crippen LogP contribution in [0.1, 0.15) is 87.0 Å². The van der Waals surface area contributed by atoms with E-state index in [9.17, 15) is 31.6 Å². The van der Waals surface area contributed by atoms with E-state index < -0.39 is 16.2 Å². The summed E-state index contributed by atoms with van der Waals surface area (Å²) in [6, 6.07) is 14.7. The van der Waals surface area contributed by atoms with Crippen molar-refractivity contribution in [2.45, 2.75) is 105 Å². The van der Waals surface area contributed by atoms with Crippen molar-refractivity contribution in [3.63, 3.8) is 0 Å². The van der Waals surface area contributed by atoms with Crippen molar-refractivity contribution in [2.75, 3.05) is 45.9 Å². The predicted molar refractivity (Wildman–Crippen MR) is 253 cm³/mol. The van der Waals surface area contributed by atoms with Gasteiger partial charge in [0, 0.05) is 41.0 Å². The molecule has 338 valence electrons. The molecule has 0 radical (unpaired) electrons. The molecular formula is C44H63N15OS3. The number of rotatable bonds is 3. The largest absolute Gasteiger partial charge is 0.397 e. The van der Waals surface area contributed by atoms with E-state index in [1.807, 2.05) is 0 Å². The van der Waals surface area contributed by atoms with Gasteiger partial charge in [-0.2, -0.15) is 31.6 Å². The Morgan fingerprint density at radius 2 is 0.651 bits per heavy atom. The third kappa shape index (κ3) is 10.7. The molecule has 0 aliphatic carbocycles. The molecule has 10 N–H and O–H groups in total. The molecule has 6 rings (SSSR count). The van der Waals surface area contributed by atoms with E-state index >= 15 is 0 Å². The van der Waals surface area contributed by atoms with Crippen LogP contribution >= 0.6 is 37.9 Å². The maximum Gasteiger partial charge on any atom is 0.116 e. The van der Waals surface area contributed by atoms with E-state index in [0.717, 1.165) is 77.8 Å². The number of hydrogen-bond donors (Lipinski definition) is 10. The third-order valence-electron chi connectivity index (χ3n) is 13.0. The van der Waals surface area contributed by atoms with Gasteiger partial charge in [0.25, 0.3) is 0 Å². The number of hydrogen-bond acceptors (Lipinski definition) is 19. The zero-order chi connectivity index (χ0) is 47.4. The van der Waals surface area contributed by atoms with Crippen molar-refractivity contribution in [3.8, 4) is 36.4 Å². The Hall–Kier alpha value is -4.93. The molecule has 63 heavy (non-hydrogen) atoms. The molecule has 0 aromatic heterocycles. The molecule has 19 heteroatoms. The highest BCUT2D eigenvalue weighted by molar-refractivity contribution is 7.84. The van der Waals surface area contributed by atoms with Crippen molar-refractivity contribution in [1.82, 2.24) is 30.7 Å². The molecule has 0 unspecified atom stereocenters. The Morgan fingerprint density at radius 1 is 0.476 bits per heavy atom.